The molecule has 0 amide bonds. The van der Waals surface area contributed by atoms with E-state index in [0.717, 1.165) is 35.3 Å². The quantitative estimate of drug-likeness (QED) is 0.0582. The van der Waals surface area contributed by atoms with Crippen molar-refractivity contribution in [2.45, 2.75) is 117 Å². The van der Waals surface area contributed by atoms with E-state index in [1.807, 2.05) is 24.3 Å². The number of nitrogens with zero attached hydrogens (tertiary/aromatic N) is 1. The van der Waals surface area contributed by atoms with Crippen molar-refractivity contribution in [3.8, 4) is 5.75 Å². The lowest BCUT2D eigenvalue weighted by Gasteiger charge is -2.29. The van der Waals surface area contributed by atoms with Gasteiger partial charge >= 0.3 is 0 Å². The second-order valence-electron chi connectivity index (χ2n) is 12.3. The number of carbonyl (C=O) groups excluding carboxylic acids is 1. The van der Waals surface area contributed by atoms with Crippen molar-refractivity contribution in [1.82, 2.24) is 0 Å². The number of benzene rings is 1. The standard InChI is InChI=1S/C33H60NO6P/c1-6-8-9-10-11-12-13-14-15-16-17-18-25-38-33-22-20-31(21-23-33)28-32(27-30(3)35)29-40-41(36,37)39-26-19-24-34(4,5)7-2/h20-23,32H,6-19,24-29H2,1-5H3. The van der Waals surface area contributed by atoms with Crippen molar-refractivity contribution < 1.29 is 32.5 Å². The molecule has 238 valence electrons. The summed E-state index contributed by atoms with van der Waals surface area (Å²) in [5.74, 6) is 0.586. The van der Waals surface area contributed by atoms with E-state index in [4.69, 9.17) is 13.8 Å². The van der Waals surface area contributed by atoms with E-state index < -0.39 is 7.82 Å². The van der Waals surface area contributed by atoms with Gasteiger partial charge in [-0.15, -0.1) is 0 Å². The maximum Gasteiger partial charge on any atom is 0.267 e. The molecule has 0 aliphatic rings. The van der Waals surface area contributed by atoms with Crippen molar-refractivity contribution >= 4 is 13.6 Å². The third-order valence-electron chi connectivity index (χ3n) is 7.77. The Hall–Kier alpha value is -1.24. The smallest absolute Gasteiger partial charge is 0.267 e. The number of rotatable bonds is 27. The number of Topliss-reactive ketones (excluding diaryl/α,β-unsaturated/α-hetero) is 1. The molecule has 0 aliphatic carbocycles. The molecule has 2 unspecified atom stereocenters. The van der Waals surface area contributed by atoms with Crippen molar-refractivity contribution in [3.05, 3.63) is 29.8 Å². The molecule has 0 saturated heterocycles. The summed E-state index contributed by atoms with van der Waals surface area (Å²) < 4.78 is 29.2. The largest absolute Gasteiger partial charge is 0.756 e. The van der Waals surface area contributed by atoms with Crippen LogP contribution in [0.1, 0.15) is 116 Å². The zero-order valence-corrected chi connectivity index (χ0v) is 27.8. The summed E-state index contributed by atoms with van der Waals surface area (Å²) in [6.07, 6.45) is 17.3. The normalized spacial score (nSPS) is 14.1. The van der Waals surface area contributed by atoms with Crippen LogP contribution in [0.5, 0.6) is 5.75 Å². The number of ether oxygens (including phenoxy) is 1. The van der Waals surface area contributed by atoms with Crippen LogP contribution in [0.2, 0.25) is 0 Å². The first kappa shape index (κ1) is 37.8. The number of ketones is 1. The Morgan fingerprint density at radius 3 is 1.93 bits per heavy atom. The number of hydrogen-bond acceptors (Lipinski definition) is 6. The Balaban J connectivity index is 2.29. The molecule has 2 atom stereocenters. The van der Waals surface area contributed by atoms with Crippen LogP contribution < -0.4 is 9.63 Å². The van der Waals surface area contributed by atoms with Gasteiger partial charge in [0, 0.05) is 12.8 Å². The first-order valence-corrected chi connectivity index (χ1v) is 17.7. The van der Waals surface area contributed by atoms with Gasteiger partial charge < -0.3 is 28.0 Å². The molecule has 1 rings (SSSR count). The first-order valence-electron chi connectivity index (χ1n) is 16.2. The molecule has 0 radical (unpaired) electrons. The topological polar surface area (TPSA) is 84.9 Å². The lowest BCUT2D eigenvalue weighted by atomic mass is 9.95. The van der Waals surface area contributed by atoms with E-state index in [1.165, 1.54) is 77.6 Å². The lowest BCUT2D eigenvalue weighted by Crippen LogP contribution is -2.40. The van der Waals surface area contributed by atoms with Crippen molar-refractivity contribution in [3.63, 3.8) is 0 Å². The highest BCUT2D eigenvalue weighted by Gasteiger charge is 2.18. The molecule has 0 spiro atoms. The van der Waals surface area contributed by atoms with Crippen molar-refractivity contribution in [2.24, 2.45) is 5.92 Å². The first-order chi connectivity index (χ1) is 19.6. The van der Waals surface area contributed by atoms with Gasteiger partial charge in [-0.1, -0.05) is 89.7 Å². The van der Waals surface area contributed by atoms with E-state index in [2.05, 4.69) is 27.9 Å². The maximum absolute atomic E-state index is 12.3. The summed E-state index contributed by atoms with van der Waals surface area (Å²) in [7, 11) is -0.224. The number of phosphoric acid groups is 1. The average Bonchev–Trinajstić information content (AvgIpc) is 2.93. The van der Waals surface area contributed by atoms with E-state index >= 15 is 0 Å². The highest BCUT2D eigenvalue weighted by atomic mass is 31.2. The monoisotopic (exact) mass is 597 g/mol. The molecule has 1 aromatic carbocycles. The predicted octanol–water partition coefficient (Wildman–Crippen LogP) is 7.89. The van der Waals surface area contributed by atoms with Crippen LogP contribution >= 0.6 is 7.82 Å². The molecule has 0 fully saturated rings. The van der Waals surface area contributed by atoms with Crippen LogP contribution in [0.3, 0.4) is 0 Å². The molecule has 0 aromatic heterocycles. The zero-order valence-electron chi connectivity index (χ0n) is 26.9. The number of unbranched alkanes of at least 4 members (excludes halogenated alkanes) is 11. The minimum Gasteiger partial charge on any atom is -0.756 e. The molecule has 0 saturated carbocycles. The lowest BCUT2D eigenvalue weighted by molar-refractivity contribution is -0.888. The van der Waals surface area contributed by atoms with Gasteiger partial charge in [0.15, 0.2) is 0 Å². The molecular weight excluding hydrogens is 537 g/mol. The van der Waals surface area contributed by atoms with E-state index in [1.54, 1.807) is 0 Å². The summed E-state index contributed by atoms with van der Waals surface area (Å²) in [6, 6.07) is 7.84. The predicted molar refractivity (Wildman–Crippen MR) is 167 cm³/mol. The Labute approximate surface area is 251 Å². The van der Waals surface area contributed by atoms with E-state index in [-0.39, 0.29) is 31.3 Å². The summed E-state index contributed by atoms with van der Waals surface area (Å²) in [6.45, 7) is 8.40. The van der Waals surface area contributed by atoms with Gasteiger partial charge in [0.1, 0.15) is 11.5 Å². The molecule has 1 aromatic rings. The fourth-order valence-electron chi connectivity index (χ4n) is 4.85. The van der Waals surface area contributed by atoms with Crippen LogP contribution in [0.15, 0.2) is 24.3 Å². The highest BCUT2D eigenvalue weighted by Crippen LogP contribution is 2.39. The molecule has 0 heterocycles. The van der Waals surface area contributed by atoms with Gasteiger partial charge in [0.25, 0.3) is 7.82 Å². The Morgan fingerprint density at radius 2 is 1.39 bits per heavy atom. The van der Waals surface area contributed by atoms with Gasteiger partial charge in [-0.2, -0.15) is 0 Å². The maximum atomic E-state index is 12.3. The Kier molecular flexibility index (Phi) is 20.6. The molecule has 0 N–H and O–H groups in total. The Bertz CT molecular complexity index is 845. The van der Waals surface area contributed by atoms with Crippen LogP contribution in [0.25, 0.3) is 0 Å². The summed E-state index contributed by atoms with van der Waals surface area (Å²) in [5, 5.41) is 0. The third kappa shape index (κ3) is 21.2. The summed E-state index contributed by atoms with van der Waals surface area (Å²) in [4.78, 5) is 24.1. The second kappa shape index (κ2) is 22.3. The van der Waals surface area contributed by atoms with Gasteiger partial charge in [-0.25, -0.2) is 0 Å². The van der Waals surface area contributed by atoms with Gasteiger partial charge in [-0.05, 0) is 50.3 Å². The van der Waals surface area contributed by atoms with Crippen molar-refractivity contribution in [2.75, 3.05) is 47.0 Å². The molecule has 41 heavy (non-hydrogen) atoms. The van der Waals surface area contributed by atoms with Crippen molar-refractivity contribution in [1.29, 1.82) is 0 Å². The van der Waals surface area contributed by atoms with Crippen LogP contribution in [-0.4, -0.2) is 57.3 Å². The fourth-order valence-corrected chi connectivity index (χ4v) is 5.67. The molecule has 0 aliphatic heterocycles. The molecule has 0 bridgehead atoms. The van der Waals surface area contributed by atoms with Crippen LogP contribution in [0, 0.1) is 5.92 Å². The van der Waals surface area contributed by atoms with Gasteiger partial charge in [0.2, 0.25) is 0 Å². The summed E-state index contributed by atoms with van der Waals surface area (Å²) >= 11 is 0. The van der Waals surface area contributed by atoms with E-state index in [9.17, 15) is 14.3 Å². The molecule has 7 nitrogen and oxygen atoms in total. The second-order valence-corrected chi connectivity index (χ2v) is 13.7. The van der Waals surface area contributed by atoms with E-state index in [0.29, 0.717) is 19.4 Å². The van der Waals surface area contributed by atoms with Crippen LogP contribution in [0.4, 0.5) is 0 Å². The van der Waals surface area contributed by atoms with Gasteiger partial charge in [-0.3, -0.25) is 4.57 Å². The molecule has 8 heteroatoms. The zero-order chi connectivity index (χ0) is 30.4. The SMILES string of the molecule is CCCCCCCCCCCCCCOc1ccc(CC(COP(=O)([O-])OCCC[N+](C)(C)CC)CC(C)=O)cc1. The minimum absolute atomic E-state index is 0.00202. The third-order valence-corrected chi connectivity index (χ3v) is 8.74. The number of quaternary nitrogens is 1. The highest BCUT2D eigenvalue weighted by molar-refractivity contribution is 7.45. The van der Waals surface area contributed by atoms with Crippen LogP contribution in [-0.2, 0) is 24.8 Å². The number of carbonyl (C=O) groups is 1. The summed E-state index contributed by atoms with van der Waals surface area (Å²) in [5.41, 5.74) is 1.01. The fraction of sp³-hybridized carbons (Fsp3) is 0.788. The number of hydrogen-bond donors (Lipinski definition) is 0. The van der Waals surface area contributed by atoms with Gasteiger partial charge in [0.05, 0.1) is 47.0 Å². The number of phosphoric ester groups is 1. The average molecular weight is 598 g/mol. The Morgan fingerprint density at radius 1 is 0.829 bits per heavy atom. The minimum atomic E-state index is -4.41. The molecular formula is C33H60NO6P.